The molecule has 0 atom stereocenters. The molecule has 0 aromatic carbocycles. The maximum Gasteiger partial charge on any atom is 0.433 e. The molecule has 2 rings (SSSR count). The van der Waals surface area contributed by atoms with Gasteiger partial charge >= 0.3 is 12.0 Å². The van der Waals surface area contributed by atoms with Gasteiger partial charge in [0.15, 0.2) is 5.76 Å². The van der Waals surface area contributed by atoms with Gasteiger partial charge in [-0.3, -0.25) is 10.1 Å². The van der Waals surface area contributed by atoms with Crippen molar-refractivity contribution >= 4 is 18.2 Å². The van der Waals surface area contributed by atoms with Crippen LogP contribution in [0, 0.1) is 10.1 Å². The number of ether oxygens (including phenoxy) is 1. The Hall–Kier alpha value is -2.38. The van der Waals surface area contributed by atoms with Crippen LogP contribution in [0.4, 0.5) is 10.7 Å². The van der Waals surface area contributed by atoms with Gasteiger partial charge in [0.05, 0.1) is 17.8 Å². The number of furan rings is 1. The Morgan fingerprint density at radius 2 is 2.28 bits per heavy atom. The Balaban J connectivity index is 2.15. The third-order valence-electron chi connectivity index (χ3n) is 2.39. The van der Waals surface area contributed by atoms with Crippen molar-refractivity contribution in [3.05, 3.63) is 28.0 Å². The minimum absolute atomic E-state index is 0.192. The van der Waals surface area contributed by atoms with Crippen molar-refractivity contribution in [2.24, 2.45) is 5.10 Å². The fourth-order valence-corrected chi connectivity index (χ4v) is 1.44. The van der Waals surface area contributed by atoms with Gasteiger partial charge in [-0.15, -0.1) is 0 Å². The molecule has 0 unspecified atom stereocenters. The monoisotopic (exact) mass is 253 g/mol. The lowest BCUT2D eigenvalue weighted by Crippen LogP contribution is -2.37. The Bertz CT molecular complexity index is 519. The van der Waals surface area contributed by atoms with E-state index in [-0.39, 0.29) is 18.3 Å². The molecule has 0 N–H and O–H groups in total. The molecule has 96 valence electrons. The summed E-state index contributed by atoms with van der Waals surface area (Å²) >= 11 is 0. The first-order chi connectivity index (χ1) is 8.40. The summed E-state index contributed by atoms with van der Waals surface area (Å²) in [5.74, 6) is -0.183. The number of hydrogen-bond donors (Lipinski definition) is 0. The van der Waals surface area contributed by atoms with Crippen LogP contribution >= 0.6 is 0 Å². The molecule has 1 saturated heterocycles. The molecule has 8 heteroatoms. The highest BCUT2D eigenvalue weighted by Crippen LogP contribution is 2.23. The van der Waals surface area contributed by atoms with E-state index in [9.17, 15) is 14.9 Å². The van der Waals surface area contributed by atoms with E-state index >= 15 is 0 Å². The van der Waals surface area contributed by atoms with Gasteiger partial charge in [0.25, 0.3) is 0 Å². The normalized spacial score (nSPS) is 18.3. The Kier molecular flexibility index (Phi) is 2.77. The molecule has 2 heterocycles. The van der Waals surface area contributed by atoms with Crippen LogP contribution in [0.2, 0.25) is 0 Å². The maximum atomic E-state index is 11.4. The average molecular weight is 253 g/mol. The predicted molar refractivity (Wildman–Crippen MR) is 60.2 cm³/mol. The van der Waals surface area contributed by atoms with E-state index < -0.39 is 16.6 Å². The number of nitrogens with zero attached hydrogens (tertiary/aromatic N) is 3. The van der Waals surface area contributed by atoms with Crippen LogP contribution in [0.15, 0.2) is 21.7 Å². The number of cyclic esters (lactones) is 1. The number of rotatable bonds is 3. The van der Waals surface area contributed by atoms with Gasteiger partial charge in [-0.2, -0.15) is 10.1 Å². The van der Waals surface area contributed by atoms with Gasteiger partial charge in [-0.25, -0.2) is 4.79 Å². The lowest BCUT2D eigenvalue weighted by Gasteiger charge is -2.21. The highest BCUT2D eigenvalue weighted by molar-refractivity contribution is 5.79. The third-order valence-corrected chi connectivity index (χ3v) is 2.39. The second-order valence-electron chi connectivity index (χ2n) is 4.36. The molecule has 0 bridgehead atoms. The van der Waals surface area contributed by atoms with Gasteiger partial charge in [-0.1, -0.05) is 0 Å². The maximum absolute atomic E-state index is 11.4. The van der Waals surface area contributed by atoms with E-state index in [1.54, 1.807) is 13.8 Å². The van der Waals surface area contributed by atoms with Crippen LogP contribution in [0.3, 0.4) is 0 Å². The van der Waals surface area contributed by atoms with Crippen molar-refractivity contribution in [2.75, 3.05) is 6.61 Å². The predicted octanol–water partition coefficient (Wildman–Crippen LogP) is 1.75. The molecule has 0 saturated carbocycles. The fraction of sp³-hybridized carbons (Fsp3) is 0.400. The molecular formula is C10H11N3O5. The minimum atomic E-state index is -0.647. The molecule has 0 aliphatic carbocycles. The second kappa shape index (κ2) is 4.13. The van der Waals surface area contributed by atoms with Crippen LogP contribution in [0.5, 0.6) is 0 Å². The zero-order valence-electron chi connectivity index (χ0n) is 9.82. The number of carbonyl (C=O) groups excluding carboxylic acids is 1. The summed E-state index contributed by atoms with van der Waals surface area (Å²) < 4.78 is 9.73. The van der Waals surface area contributed by atoms with Gasteiger partial charge < -0.3 is 9.15 Å². The van der Waals surface area contributed by atoms with E-state index in [1.165, 1.54) is 23.4 Å². The van der Waals surface area contributed by atoms with Crippen molar-refractivity contribution < 1.29 is 18.9 Å². The van der Waals surface area contributed by atoms with E-state index in [0.717, 1.165) is 0 Å². The largest absolute Gasteiger partial charge is 0.446 e. The molecule has 1 aromatic rings. The smallest absolute Gasteiger partial charge is 0.433 e. The number of hydrogen-bond acceptors (Lipinski definition) is 6. The molecule has 1 aromatic heterocycles. The summed E-state index contributed by atoms with van der Waals surface area (Å²) in [6.07, 6.45) is 0.679. The van der Waals surface area contributed by atoms with E-state index in [2.05, 4.69) is 5.10 Å². The minimum Gasteiger partial charge on any atom is -0.446 e. The lowest BCUT2D eigenvalue weighted by atomic mass is 10.1. The summed E-state index contributed by atoms with van der Waals surface area (Å²) in [7, 11) is 0. The molecular weight excluding hydrogens is 242 g/mol. The van der Waals surface area contributed by atoms with Crippen LogP contribution < -0.4 is 0 Å². The molecule has 1 aliphatic heterocycles. The quantitative estimate of drug-likeness (QED) is 0.464. The van der Waals surface area contributed by atoms with Gasteiger partial charge in [-0.05, 0) is 19.9 Å². The van der Waals surface area contributed by atoms with Crippen LogP contribution in [0.25, 0.3) is 0 Å². The topological polar surface area (TPSA) is 98.2 Å². The summed E-state index contributed by atoms with van der Waals surface area (Å²) in [5.41, 5.74) is -0.549. The number of amides is 1. The second-order valence-corrected chi connectivity index (χ2v) is 4.36. The van der Waals surface area contributed by atoms with E-state index in [4.69, 9.17) is 9.15 Å². The number of hydrazone groups is 1. The number of nitro groups is 1. The SMILES string of the molecule is CC1(C)COC(=O)N1/N=C/c1ccc([N+](=O)[O-])o1. The summed E-state index contributed by atoms with van der Waals surface area (Å²) in [4.78, 5) is 21.1. The fourth-order valence-electron chi connectivity index (χ4n) is 1.44. The summed E-state index contributed by atoms with van der Waals surface area (Å²) in [6, 6.07) is 2.62. The van der Waals surface area contributed by atoms with Crippen molar-refractivity contribution in [2.45, 2.75) is 19.4 Å². The number of carbonyl (C=O) groups is 1. The van der Waals surface area contributed by atoms with Crippen molar-refractivity contribution in [1.29, 1.82) is 0 Å². The highest BCUT2D eigenvalue weighted by Gasteiger charge is 2.40. The van der Waals surface area contributed by atoms with Crippen LogP contribution in [-0.2, 0) is 4.74 Å². The first kappa shape index (κ1) is 12.1. The molecule has 8 nitrogen and oxygen atoms in total. The molecule has 18 heavy (non-hydrogen) atoms. The Morgan fingerprint density at radius 1 is 1.56 bits per heavy atom. The zero-order valence-corrected chi connectivity index (χ0v) is 9.82. The van der Waals surface area contributed by atoms with E-state index in [1.807, 2.05) is 0 Å². The molecule has 1 amide bonds. The summed E-state index contributed by atoms with van der Waals surface area (Å²) in [5, 5.41) is 15.5. The molecule has 0 spiro atoms. The highest BCUT2D eigenvalue weighted by atomic mass is 16.6. The van der Waals surface area contributed by atoms with Gasteiger partial charge in [0.2, 0.25) is 0 Å². The van der Waals surface area contributed by atoms with Gasteiger partial charge in [0.1, 0.15) is 11.5 Å². The lowest BCUT2D eigenvalue weighted by molar-refractivity contribution is -0.402. The first-order valence-electron chi connectivity index (χ1n) is 5.15. The summed E-state index contributed by atoms with van der Waals surface area (Å²) in [6.45, 7) is 3.82. The van der Waals surface area contributed by atoms with Crippen molar-refractivity contribution in [1.82, 2.24) is 5.01 Å². The van der Waals surface area contributed by atoms with Gasteiger partial charge in [0, 0.05) is 0 Å². The zero-order chi connectivity index (χ0) is 13.3. The van der Waals surface area contributed by atoms with Crippen molar-refractivity contribution in [3.8, 4) is 0 Å². The van der Waals surface area contributed by atoms with Crippen molar-refractivity contribution in [3.63, 3.8) is 0 Å². The first-order valence-corrected chi connectivity index (χ1v) is 5.15. The van der Waals surface area contributed by atoms with Crippen LogP contribution in [-0.4, -0.2) is 34.4 Å². The average Bonchev–Trinajstić information content (AvgIpc) is 2.83. The molecule has 0 radical (unpaired) electrons. The molecule has 1 aliphatic rings. The Morgan fingerprint density at radius 3 is 2.78 bits per heavy atom. The Labute approximate surface area is 102 Å². The van der Waals surface area contributed by atoms with Crippen LogP contribution in [0.1, 0.15) is 19.6 Å². The van der Waals surface area contributed by atoms with E-state index in [0.29, 0.717) is 0 Å². The molecule has 1 fully saturated rings. The standard InChI is InChI=1S/C10H11N3O5/c1-10(2)6-17-9(14)12(10)11-5-7-3-4-8(18-7)13(15)16/h3-5H,6H2,1-2H3/b11-5+. The third kappa shape index (κ3) is 2.17.